The molecule has 0 aliphatic heterocycles. The molecule has 0 radical (unpaired) electrons. The number of carbonyl (C=O) groups is 1. The van der Waals surface area contributed by atoms with Crippen LogP contribution in [0.25, 0.3) is 0 Å². The number of aliphatic hydroxyl groups is 1. The van der Waals surface area contributed by atoms with Gasteiger partial charge in [-0.15, -0.1) is 0 Å². The Bertz CT molecular complexity index is 689. The lowest BCUT2D eigenvalue weighted by atomic mass is 10.2. The first-order valence-corrected chi connectivity index (χ1v) is 8.02. The van der Waals surface area contributed by atoms with E-state index in [1.165, 1.54) is 11.0 Å². The fourth-order valence-corrected chi connectivity index (χ4v) is 2.26. The minimum Gasteiger partial charge on any atom is -0.489 e. The minimum atomic E-state index is -0.632. The highest BCUT2D eigenvalue weighted by molar-refractivity contribution is 5.81. The molecule has 1 atom stereocenters. The number of hydrogen-bond donors (Lipinski definition) is 2. The number of carbonyl (C=O) groups excluding carboxylic acids is 1. The number of amides is 1. The second kappa shape index (κ2) is 9.15. The third-order valence-corrected chi connectivity index (χ3v) is 3.75. The fourth-order valence-electron chi connectivity index (χ4n) is 2.26. The van der Waals surface area contributed by atoms with E-state index in [4.69, 9.17) is 4.74 Å². The highest BCUT2D eigenvalue weighted by Gasteiger charge is 2.18. The normalized spacial score (nSPS) is 11.8. The summed E-state index contributed by atoms with van der Waals surface area (Å²) >= 11 is 0. The topological polar surface area (TPSA) is 61.8 Å². The summed E-state index contributed by atoms with van der Waals surface area (Å²) in [6.45, 7) is 0.341. The van der Waals surface area contributed by atoms with Crippen LogP contribution in [0.1, 0.15) is 11.1 Å². The molecule has 2 aromatic carbocycles. The molecule has 0 aliphatic rings. The number of likely N-dealkylation sites (N-methyl/N-ethyl adjacent to an activating group) is 1. The summed E-state index contributed by atoms with van der Waals surface area (Å²) in [7, 11) is 3.29. The Labute approximate surface area is 147 Å². The van der Waals surface area contributed by atoms with Gasteiger partial charge in [0.2, 0.25) is 5.91 Å². The van der Waals surface area contributed by atoms with Gasteiger partial charge in [-0.1, -0.05) is 30.3 Å². The molecule has 1 amide bonds. The molecule has 5 nitrogen and oxygen atoms in total. The quantitative estimate of drug-likeness (QED) is 0.767. The first kappa shape index (κ1) is 18.9. The van der Waals surface area contributed by atoms with Crippen molar-refractivity contribution < 1.29 is 19.0 Å². The number of hydrogen-bond acceptors (Lipinski definition) is 4. The summed E-state index contributed by atoms with van der Waals surface area (Å²) in [6.07, 6.45) is 0. The van der Waals surface area contributed by atoms with Crippen molar-refractivity contribution in [1.82, 2.24) is 10.2 Å². The van der Waals surface area contributed by atoms with Gasteiger partial charge in [-0.25, -0.2) is 4.39 Å². The third-order valence-electron chi connectivity index (χ3n) is 3.75. The Morgan fingerprint density at radius 2 is 1.88 bits per heavy atom. The lowest BCUT2D eigenvalue weighted by molar-refractivity contribution is -0.131. The molecule has 0 saturated heterocycles. The van der Waals surface area contributed by atoms with Gasteiger partial charge >= 0.3 is 0 Å². The first-order chi connectivity index (χ1) is 12.0. The zero-order valence-electron chi connectivity index (χ0n) is 14.4. The number of ether oxygens (including phenoxy) is 1. The maximum Gasteiger partial charge on any atom is 0.241 e. The summed E-state index contributed by atoms with van der Waals surface area (Å²) in [4.78, 5) is 13.3. The molecule has 0 unspecified atom stereocenters. The number of rotatable bonds is 8. The lowest BCUT2D eigenvalue weighted by Crippen LogP contribution is -2.45. The van der Waals surface area contributed by atoms with E-state index in [9.17, 15) is 14.3 Å². The molecule has 0 aromatic heterocycles. The van der Waals surface area contributed by atoms with Crippen molar-refractivity contribution in [3.63, 3.8) is 0 Å². The summed E-state index contributed by atoms with van der Waals surface area (Å²) in [5.74, 6) is 0.173. The standard InChI is InChI=1S/C19H23FN2O3/c1-22(2)19(24)18(12-23)21-11-14-7-9-16(10-8-14)25-13-15-5-3-4-6-17(15)20/h3-10,18,21,23H,11-13H2,1-2H3/t18-/m0/s1. The summed E-state index contributed by atoms with van der Waals surface area (Å²) < 4.78 is 19.1. The van der Waals surface area contributed by atoms with E-state index in [1.807, 2.05) is 12.1 Å². The van der Waals surface area contributed by atoms with Crippen molar-refractivity contribution in [3.8, 4) is 5.75 Å². The average molecular weight is 346 g/mol. The van der Waals surface area contributed by atoms with E-state index >= 15 is 0 Å². The molecule has 134 valence electrons. The monoisotopic (exact) mass is 346 g/mol. The van der Waals surface area contributed by atoms with E-state index in [2.05, 4.69) is 5.32 Å². The Morgan fingerprint density at radius 1 is 1.20 bits per heavy atom. The van der Waals surface area contributed by atoms with Gasteiger partial charge in [0, 0.05) is 26.2 Å². The summed E-state index contributed by atoms with van der Waals surface area (Å²) in [6, 6.07) is 13.2. The van der Waals surface area contributed by atoms with E-state index in [0.29, 0.717) is 17.9 Å². The van der Waals surface area contributed by atoms with Crippen LogP contribution in [0.5, 0.6) is 5.75 Å². The zero-order valence-corrected chi connectivity index (χ0v) is 14.4. The number of nitrogens with zero attached hydrogens (tertiary/aromatic N) is 1. The predicted molar refractivity (Wildman–Crippen MR) is 93.6 cm³/mol. The van der Waals surface area contributed by atoms with Crippen molar-refractivity contribution in [2.75, 3.05) is 20.7 Å². The largest absolute Gasteiger partial charge is 0.489 e. The van der Waals surface area contributed by atoms with Crippen molar-refractivity contribution in [2.45, 2.75) is 19.2 Å². The van der Waals surface area contributed by atoms with Gasteiger partial charge in [-0.2, -0.15) is 0 Å². The highest BCUT2D eigenvalue weighted by atomic mass is 19.1. The van der Waals surface area contributed by atoms with Crippen molar-refractivity contribution in [2.24, 2.45) is 0 Å². The van der Waals surface area contributed by atoms with Gasteiger partial charge in [0.05, 0.1) is 6.61 Å². The predicted octanol–water partition coefficient (Wildman–Crippen LogP) is 1.94. The summed E-state index contributed by atoms with van der Waals surface area (Å²) in [5.41, 5.74) is 1.45. The Hall–Kier alpha value is -2.44. The summed E-state index contributed by atoms with van der Waals surface area (Å²) in [5, 5.41) is 12.3. The van der Waals surface area contributed by atoms with Crippen molar-refractivity contribution in [1.29, 1.82) is 0 Å². The van der Waals surface area contributed by atoms with Crippen LogP contribution >= 0.6 is 0 Å². The van der Waals surface area contributed by atoms with Gasteiger partial charge in [0.15, 0.2) is 0 Å². The van der Waals surface area contributed by atoms with Gasteiger partial charge in [-0.3, -0.25) is 10.1 Å². The van der Waals surface area contributed by atoms with Crippen LogP contribution in [-0.4, -0.2) is 42.7 Å². The van der Waals surface area contributed by atoms with Crippen LogP contribution < -0.4 is 10.1 Å². The molecule has 2 rings (SSSR count). The van der Waals surface area contributed by atoms with E-state index in [-0.39, 0.29) is 24.9 Å². The smallest absolute Gasteiger partial charge is 0.241 e. The van der Waals surface area contributed by atoms with Crippen LogP contribution in [0.4, 0.5) is 4.39 Å². The molecule has 25 heavy (non-hydrogen) atoms. The number of halogens is 1. The Kier molecular flexibility index (Phi) is 6.91. The lowest BCUT2D eigenvalue weighted by Gasteiger charge is -2.19. The minimum absolute atomic E-state index is 0.161. The van der Waals surface area contributed by atoms with Crippen molar-refractivity contribution in [3.05, 3.63) is 65.5 Å². The van der Waals surface area contributed by atoms with E-state index in [1.54, 1.807) is 44.4 Å². The molecule has 0 heterocycles. The molecular weight excluding hydrogens is 323 g/mol. The Morgan fingerprint density at radius 3 is 2.48 bits per heavy atom. The molecular formula is C19H23FN2O3. The van der Waals surface area contributed by atoms with Gasteiger partial charge in [-0.05, 0) is 23.8 Å². The highest BCUT2D eigenvalue weighted by Crippen LogP contribution is 2.15. The molecule has 0 saturated carbocycles. The maximum atomic E-state index is 13.5. The molecule has 0 fully saturated rings. The number of benzene rings is 2. The SMILES string of the molecule is CN(C)C(=O)[C@H](CO)NCc1ccc(OCc2ccccc2F)cc1. The first-order valence-electron chi connectivity index (χ1n) is 8.02. The second-order valence-electron chi connectivity index (χ2n) is 5.87. The van der Waals surface area contributed by atoms with Crippen LogP contribution in [0, 0.1) is 5.82 Å². The number of aliphatic hydroxyl groups excluding tert-OH is 1. The Balaban J connectivity index is 1.87. The van der Waals surface area contributed by atoms with Gasteiger partial charge in [0.1, 0.15) is 24.2 Å². The van der Waals surface area contributed by atoms with Gasteiger partial charge < -0.3 is 14.7 Å². The maximum absolute atomic E-state index is 13.5. The van der Waals surface area contributed by atoms with E-state index < -0.39 is 6.04 Å². The molecule has 2 N–H and O–H groups in total. The average Bonchev–Trinajstić information content (AvgIpc) is 2.62. The van der Waals surface area contributed by atoms with Crippen LogP contribution in [0.2, 0.25) is 0 Å². The molecule has 0 spiro atoms. The fraction of sp³-hybridized carbons (Fsp3) is 0.316. The zero-order chi connectivity index (χ0) is 18.2. The molecule has 0 aliphatic carbocycles. The van der Waals surface area contributed by atoms with Crippen LogP contribution in [0.3, 0.4) is 0 Å². The molecule has 2 aromatic rings. The second-order valence-corrected chi connectivity index (χ2v) is 5.87. The van der Waals surface area contributed by atoms with Crippen LogP contribution in [0.15, 0.2) is 48.5 Å². The van der Waals surface area contributed by atoms with Gasteiger partial charge in [0.25, 0.3) is 0 Å². The number of nitrogens with one attached hydrogen (secondary N) is 1. The molecule has 0 bridgehead atoms. The van der Waals surface area contributed by atoms with E-state index in [0.717, 1.165) is 5.56 Å². The third kappa shape index (κ3) is 5.55. The van der Waals surface area contributed by atoms with Crippen LogP contribution in [-0.2, 0) is 17.9 Å². The van der Waals surface area contributed by atoms with Crippen molar-refractivity contribution >= 4 is 5.91 Å². The molecule has 6 heteroatoms.